The lowest BCUT2D eigenvalue weighted by Crippen LogP contribution is -2.40. The lowest BCUT2D eigenvalue weighted by atomic mass is 9.82. The van der Waals surface area contributed by atoms with Crippen LogP contribution in [0.25, 0.3) is 0 Å². The van der Waals surface area contributed by atoms with Gasteiger partial charge < -0.3 is 10.1 Å². The van der Waals surface area contributed by atoms with E-state index in [-0.39, 0.29) is 0 Å². The summed E-state index contributed by atoms with van der Waals surface area (Å²) < 4.78 is 5.58. The molecule has 4 unspecified atom stereocenters. The highest BCUT2D eigenvalue weighted by molar-refractivity contribution is 4.78. The van der Waals surface area contributed by atoms with E-state index in [4.69, 9.17) is 4.74 Å². The summed E-state index contributed by atoms with van der Waals surface area (Å²) in [5.74, 6) is 1.89. The van der Waals surface area contributed by atoms with Crippen LogP contribution in [-0.2, 0) is 4.74 Å². The minimum absolute atomic E-state index is 0.455. The molecule has 1 aliphatic heterocycles. The Kier molecular flexibility index (Phi) is 4.66. The van der Waals surface area contributed by atoms with Crippen molar-refractivity contribution in [2.45, 2.75) is 64.5 Å². The van der Waals surface area contributed by atoms with E-state index in [1.165, 1.54) is 45.1 Å². The van der Waals surface area contributed by atoms with Crippen LogP contribution in [0.3, 0.4) is 0 Å². The van der Waals surface area contributed by atoms with E-state index in [0.717, 1.165) is 18.4 Å². The van der Waals surface area contributed by atoms with Gasteiger partial charge in [-0.3, -0.25) is 0 Å². The van der Waals surface area contributed by atoms with Crippen LogP contribution in [0.2, 0.25) is 0 Å². The zero-order chi connectivity index (χ0) is 11.4. The van der Waals surface area contributed by atoms with Crippen LogP contribution in [0.4, 0.5) is 0 Å². The third kappa shape index (κ3) is 3.74. The van der Waals surface area contributed by atoms with Gasteiger partial charge in [0.1, 0.15) is 0 Å². The third-order valence-corrected chi connectivity index (χ3v) is 4.23. The molecule has 0 amide bonds. The molecule has 1 saturated heterocycles. The quantitative estimate of drug-likeness (QED) is 0.797. The molecular formula is C14H27NO. The second-order valence-electron chi connectivity index (χ2n) is 5.95. The molecule has 4 atom stereocenters. The number of rotatable bonds is 3. The van der Waals surface area contributed by atoms with E-state index < -0.39 is 0 Å². The molecule has 2 aliphatic rings. The summed E-state index contributed by atoms with van der Waals surface area (Å²) in [7, 11) is 0. The molecule has 2 nitrogen and oxygen atoms in total. The molecule has 94 valence electrons. The molecule has 2 rings (SSSR count). The average molecular weight is 225 g/mol. The number of ether oxygens (including phenoxy) is 1. The summed E-state index contributed by atoms with van der Waals surface area (Å²) in [5.41, 5.74) is 0. The van der Waals surface area contributed by atoms with Gasteiger partial charge in [0.05, 0.1) is 6.10 Å². The van der Waals surface area contributed by atoms with E-state index >= 15 is 0 Å². The van der Waals surface area contributed by atoms with E-state index in [1.807, 2.05) is 0 Å². The molecule has 0 spiro atoms. The van der Waals surface area contributed by atoms with Gasteiger partial charge in [0.25, 0.3) is 0 Å². The predicted molar refractivity (Wildman–Crippen MR) is 67.6 cm³/mol. The Bertz CT molecular complexity index is 185. The minimum atomic E-state index is 0.455. The highest BCUT2D eigenvalue weighted by Crippen LogP contribution is 2.28. The fraction of sp³-hybridized carbons (Fsp3) is 1.00. The largest absolute Gasteiger partial charge is 0.378 e. The van der Waals surface area contributed by atoms with Gasteiger partial charge in [0, 0.05) is 12.6 Å². The van der Waals surface area contributed by atoms with E-state index in [0.29, 0.717) is 12.1 Å². The predicted octanol–water partition coefficient (Wildman–Crippen LogP) is 2.97. The van der Waals surface area contributed by atoms with E-state index in [1.54, 1.807) is 0 Å². The molecule has 1 aliphatic carbocycles. The zero-order valence-corrected chi connectivity index (χ0v) is 10.9. The molecular weight excluding hydrogens is 198 g/mol. The van der Waals surface area contributed by atoms with Crippen LogP contribution in [0.1, 0.15) is 52.4 Å². The van der Waals surface area contributed by atoms with Crippen LogP contribution < -0.4 is 5.32 Å². The first-order valence-electron chi connectivity index (χ1n) is 7.09. The van der Waals surface area contributed by atoms with Crippen molar-refractivity contribution in [2.24, 2.45) is 11.8 Å². The number of nitrogens with one attached hydrogen (secondary N) is 1. The van der Waals surface area contributed by atoms with Crippen molar-refractivity contribution < 1.29 is 4.74 Å². The van der Waals surface area contributed by atoms with Crippen LogP contribution in [0, 0.1) is 11.8 Å². The zero-order valence-electron chi connectivity index (χ0n) is 10.9. The van der Waals surface area contributed by atoms with E-state index in [9.17, 15) is 0 Å². The van der Waals surface area contributed by atoms with Gasteiger partial charge in [-0.05, 0) is 51.0 Å². The Labute approximate surface area is 100 Å². The maximum Gasteiger partial charge on any atom is 0.0561 e. The normalized spacial score (nSPS) is 40.9. The summed E-state index contributed by atoms with van der Waals surface area (Å²) >= 11 is 0. The highest BCUT2D eigenvalue weighted by atomic mass is 16.5. The second-order valence-corrected chi connectivity index (χ2v) is 5.95. The highest BCUT2D eigenvalue weighted by Gasteiger charge is 2.22. The van der Waals surface area contributed by atoms with E-state index in [2.05, 4.69) is 19.2 Å². The van der Waals surface area contributed by atoms with Crippen molar-refractivity contribution in [2.75, 3.05) is 13.2 Å². The standard InChI is InChI=1S/C14H27NO/c1-11-4-3-5-13(8-11)10-15-14-6-7-16-12(2)9-14/h11-15H,3-10H2,1-2H3. The van der Waals surface area contributed by atoms with Crippen molar-refractivity contribution in [3.05, 3.63) is 0 Å². The first-order chi connectivity index (χ1) is 7.74. The Balaban J connectivity index is 1.66. The molecule has 0 bridgehead atoms. The summed E-state index contributed by atoms with van der Waals surface area (Å²) in [6.45, 7) is 6.78. The summed E-state index contributed by atoms with van der Waals surface area (Å²) in [4.78, 5) is 0. The monoisotopic (exact) mass is 225 g/mol. The first kappa shape index (κ1) is 12.4. The molecule has 16 heavy (non-hydrogen) atoms. The Hall–Kier alpha value is -0.0800. The van der Waals surface area contributed by atoms with Crippen LogP contribution >= 0.6 is 0 Å². The summed E-state index contributed by atoms with van der Waals surface area (Å²) in [6, 6.07) is 0.709. The summed E-state index contributed by atoms with van der Waals surface area (Å²) in [6.07, 6.45) is 8.62. The van der Waals surface area contributed by atoms with Crippen molar-refractivity contribution in [3.8, 4) is 0 Å². The molecule has 2 heteroatoms. The van der Waals surface area contributed by atoms with Gasteiger partial charge in [0.15, 0.2) is 0 Å². The van der Waals surface area contributed by atoms with Crippen molar-refractivity contribution in [3.63, 3.8) is 0 Å². The van der Waals surface area contributed by atoms with Crippen molar-refractivity contribution in [1.29, 1.82) is 0 Å². The molecule has 1 N–H and O–H groups in total. The van der Waals surface area contributed by atoms with Gasteiger partial charge >= 0.3 is 0 Å². The van der Waals surface area contributed by atoms with Gasteiger partial charge in [-0.1, -0.05) is 19.8 Å². The van der Waals surface area contributed by atoms with Crippen molar-refractivity contribution >= 4 is 0 Å². The molecule has 1 heterocycles. The van der Waals surface area contributed by atoms with Crippen LogP contribution in [0.5, 0.6) is 0 Å². The molecule has 0 aromatic rings. The topological polar surface area (TPSA) is 21.3 Å². The van der Waals surface area contributed by atoms with Crippen LogP contribution in [-0.4, -0.2) is 25.3 Å². The smallest absolute Gasteiger partial charge is 0.0561 e. The molecule has 2 fully saturated rings. The number of hydrogen-bond donors (Lipinski definition) is 1. The van der Waals surface area contributed by atoms with Gasteiger partial charge in [-0.2, -0.15) is 0 Å². The maximum atomic E-state index is 5.58. The number of hydrogen-bond acceptors (Lipinski definition) is 2. The molecule has 0 aromatic heterocycles. The van der Waals surface area contributed by atoms with Gasteiger partial charge in [-0.15, -0.1) is 0 Å². The van der Waals surface area contributed by atoms with Crippen molar-refractivity contribution in [1.82, 2.24) is 5.32 Å². The van der Waals surface area contributed by atoms with Crippen LogP contribution in [0.15, 0.2) is 0 Å². The lowest BCUT2D eigenvalue weighted by Gasteiger charge is -2.32. The average Bonchev–Trinajstić information content (AvgIpc) is 2.27. The molecule has 0 aromatic carbocycles. The first-order valence-corrected chi connectivity index (χ1v) is 7.09. The third-order valence-electron chi connectivity index (χ3n) is 4.23. The molecule has 1 saturated carbocycles. The fourth-order valence-corrected chi connectivity index (χ4v) is 3.26. The fourth-order valence-electron chi connectivity index (χ4n) is 3.26. The lowest BCUT2D eigenvalue weighted by molar-refractivity contribution is 0.0123. The van der Waals surface area contributed by atoms with Gasteiger partial charge in [-0.25, -0.2) is 0 Å². The Morgan fingerprint density at radius 3 is 2.75 bits per heavy atom. The minimum Gasteiger partial charge on any atom is -0.378 e. The molecule has 0 radical (unpaired) electrons. The van der Waals surface area contributed by atoms with Gasteiger partial charge in [0.2, 0.25) is 0 Å². The Morgan fingerprint density at radius 2 is 2.00 bits per heavy atom. The second kappa shape index (κ2) is 6.02. The Morgan fingerprint density at radius 1 is 1.12 bits per heavy atom. The maximum absolute atomic E-state index is 5.58. The SMILES string of the molecule is CC1CCCC(CNC2CCOC(C)C2)C1. The summed E-state index contributed by atoms with van der Waals surface area (Å²) in [5, 5.41) is 3.76.